The van der Waals surface area contributed by atoms with Crippen molar-refractivity contribution in [2.45, 2.75) is 18.9 Å². The van der Waals surface area contributed by atoms with E-state index in [1.165, 1.54) is 6.07 Å². The molecule has 0 amide bonds. The van der Waals surface area contributed by atoms with Gasteiger partial charge in [0, 0.05) is 18.7 Å². The summed E-state index contributed by atoms with van der Waals surface area (Å²) in [5, 5.41) is 16.9. The predicted molar refractivity (Wildman–Crippen MR) is 152 cm³/mol. The summed E-state index contributed by atoms with van der Waals surface area (Å²) in [6.07, 6.45) is 5.02. The number of carboxylic acid groups (broad SMARTS) is 1. The van der Waals surface area contributed by atoms with Gasteiger partial charge < -0.3 is 20.5 Å². The molecule has 37 heavy (non-hydrogen) atoms. The smallest absolute Gasteiger partial charge is 0.320 e. The number of amidine groups is 1. The van der Waals surface area contributed by atoms with Crippen molar-refractivity contribution in [3.63, 3.8) is 0 Å². The second-order valence-corrected chi connectivity index (χ2v) is 10.7. The van der Waals surface area contributed by atoms with E-state index in [4.69, 9.17) is 32.6 Å². The van der Waals surface area contributed by atoms with Gasteiger partial charge >= 0.3 is 5.97 Å². The molecule has 13 heteroatoms. The van der Waals surface area contributed by atoms with Crippen LogP contribution in [0.2, 0.25) is 5.02 Å². The molecule has 1 heterocycles. The zero-order valence-electron chi connectivity index (χ0n) is 20.2. The monoisotopic (exact) mass is 592 g/mol. The van der Waals surface area contributed by atoms with E-state index in [-0.39, 0.29) is 54.0 Å². The third-order valence-corrected chi connectivity index (χ3v) is 7.52. The molecule has 0 unspecified atom stereocenters. The van der Waals surface area contributed by atoms with Gasteiger partial charge in [-0.15, -0.1) is 24.8 Å². The van der Waals surface area contributed by atoms with E-state index >= 15 is 0 Å². The van der Waals surface area contributed by atoms with Crippen LogP contribution in [-0.2, 0) is 14.8 Å². The summed E-state index contributed by atoms with van der Waals surface area (Å²) >= 11 is 6.43. The van der Waals surface area contributed by atoms with Crippen LogP contribution < -0.4 is 14.8 Å². The van der Waals surface area contributed by atoms with Crippen molar-refractivity contribution in [3.05, 3.63) is 64.7 Å². The molecule has 3 rings (SSSR count). The standard InChI is InChI=1S/C24H29ClN4O5S.2ClH/c1-28-12-9-20(10-13-28)34-22-8-7-19(15-21(22)25)29(35(32,33)16-23(30)31)11-3-5-17-4-2-6-18(14-17)24(26)27;;/h2-8,14-15,20H,9-13,16H2,1H3,(H3,26,27)(H,30,31);2*1H/b5-3+;;. The van der Waals surface area contributed by atoms with Gasteiger partial charge in [0.2, 0.25) is 10.0 Å². The van der Waals surface area contributed by atoms with Gasteiger partial charge in [-0.1, -0.05) is 42.0 Å². The fraction of sp³-hybridized carbons (Fsp3) is 0.333. The fourth-order valence-corrected chi connectivity index (χ4v) is 5.17. The first-order valence-electron chi connectivity index (χ1n) is 11.0. The second kappa shape index (κ2) is 14.4. The number of nitrogens with two attached hydrogens (primary N) is 1. The molecule has 4 N–H and O–H groups in total. The first-order chi connectivity index (χ1) is 16.5. The van der Waals surface area contributed by atoms with E-state index in [0.29, 0.717) is 16.9 Å². The molecule has 0 aliphatic carbocycles. The number of hydrogen-bond acceptors (Lipinski definition) is 6. The van der Waals surface area contributed by atoms with Gasteiger partial charge in [-0.3, -0.25) is 14.5 Å². The van der Waals surface area contributed by atoms with Crippen LogP contribution in [0.15, 0.2) is 48.5 Å². The Hall–Kier alpha value is -2.50. The lowest BCUT2D eigenvalue weighted by molar-refractivity contribution is -0.134. The van der Waals surface area contributed by atoms with Crippen LogP contribution in [-0.4, -0.2) is 68.8 Å². The Kier molecular flexibility index (Phi) is 12.7. The van der Waals surface area contributed by atoms with Crippen LogP contribution in [0.3, 0.4) is 0 Å². The van der Waals surface area contributed by atoms with Gasteiger partial charge in [0.25, 0.3) is 0 Å². The van der Waals surface area contributed by atoms with Crippen molar-refractivity contribution in [1.82, 2.24) is 4.90 Å². The normalized spacial score (nSPS) is 14.4. The lowest BCUT2D eigenvalue weighted by atomic mass is 10.1. The minimum absolute atomic E-state index is 0. The zero-order valence-corrected chi connectivity index (χ0v) is 23.4. The molecule has 9 nitrogen and oxygen atoms in total. The molecule has 0 aromatic heterocycles. The number of benzene rings is 2. The van der Waals surface area contributed by atoms with Gasteiger partial charge in [-0.05, 0) is 49.7 Å². The highest BCUT2D eigenvalue weighted by atomic mass is 35.5. The van der Waals surface area contributed by atoms with Crippen molar-refractivity contribution in [3.8, 4) is 5.75 Å². The van der Waals surface area contributed by atoms with Crippen LogP contribution in [0.4, 0.5) is 5.69 Å². The Labute approximate surface area is 234 Å². The van der Waals surface area contributed by atoms with Gasteiger partial charge in [-0.2, -0.15) is 0 Å². The Bertz CT molecular complexity index is 1220. The average molecular weight is 594 g/mol. The summed E-state index contributed by atoms with van der Waals surface area (Å²) in [7, 11) is -2.14. The van der Waals surface area contributed by atoms with E-state index in [0.717, 1.165) is 30.2 Å². The van der Waals surface area contributed by atoms with E-state index in [9.17, 15) is 13.2 Å². The molecule has 0 bridgehead atoms. The van der Waals surface area contributed by atoms with E-state index in [1.54, 1.807) is 48.6 Å². The SMILES string of the molecule is CN1CCC(Oc2ccc(N(C/C=C/c3cccc(C(=N)N)c3)S(=O)(=O)CC(=O)O)cc2Cl)CC1.Cl.Cl. The van der Waals surface area contributed by atoms with Crippen molar-refractivity contribution in [1.29, 1.82) is 5.41 Å². The number of piperidine rings is 1. The molecule has 204 valence electrons. The maximum Gasteiger partial charge on any atom is 0.320 e. The molecule has 1 saturated heterocycles. The van der Waals surface area contributed by atoms with Crippen LogP contribution in [0, 0.1) is 5.41 Å². The Balaban J connectivity index is 0.00000342. The first kappa shape index (κ1) is 32.5. The molecular weight excluding hydrogens is 563 g/mol. The highest BCUT2D eigenvalue weighted by molar-refractivity contribution is 7.93. The molecule has 1 aliphatic heterocycles. The minimum atomic E-state index is -4.19. The number of nitrogens with one attached hydrogen (secondary N) is 1. The van der Waals surface area contributed by atoms with E-state index in [2.05, 4.69) is 11.9 Å². The van der Waals surface area contributed by atoms with Gasteiger partial charge in [-0.25, -0.2) is 8.42 Å². The molecule has 2 aromatic rings. The number of rotatable bonds is 10. The third-order valence-electron chi connectivity index (χ3n) is 5.58. The summed E-state index contributed by atoms with van der Waals surface area (Å²) in [4.78, 5) is 13.4. The number of hydrogen-bond donors (Lipinski definition) is 3. The average Bonchev–Trinajstić information content (AvgIpc) is 2.79. The van der Waals surface area contributed by atoms with Crippen LogP contribution in [0.25, 0.3) is 6.08 Å². The number of carbonyl (C=O) groups is 1. The molecule has 1 aliphatic rings. The number of nitrogen functional groups attached to an aromatic ring is 1. The summed E-state index contributed by atoms with van der Waals surface area (Å²) < 4.78 is 32.7. The Morgan fingerprint density at radius 3 is 2.51 bits per heavy atom. The van der Waals surface area contributed by atoms with E-state index < -0.39 is 21.7 Å². The first-order valence-corrected chi connectivity index (χ1v) is 13.0. The lowest BCUT2D eigenvalue weighted by Gasteiger charge is -2.30. The van der Waals surface area contributed by atoms with Crippen LogP contribution in [0.1, 0.15) is 24.0 Å². The quantitative estimate of drug-likeness (QED) is 0.281. The minimum Gasteiger partial charge on any atom is -0.489 e. The third kappa shape index (κ3) is 9.39. The van der Waals surface area contributed by atoms with Crippen molar-refractivity contribution >= 4 is 70.0 Å². The maximum atomic E-state index is 12.9. The van der Waals surface area contributed by atoms with Gasteiger partial charge in [0.15, 0.2) is 5.75 Å². The zero-order chi connectivity index (χ0) is 25.6. The summed E-state index contributed by atoms with van der Waals surface area (Å²) in [5.41, 5.74) is 7.00. The molecule has 2 aromatic carbocycles. The number of nitrogens with zero attached hydrogens (tertiary/aromatic N) is 2. The molecule has 1 fully saturated rings. The topological polar surface area (TPSA) is 137 Å². The number of likely N-dealkylation sites (tertiary alicyclic amines) is 1. The summed E-state index contributed by atoms with van der Waals surface area (Å²) in [6, 6.07) is 11.5. The molecular formula is C24H31Cl3N4O5S. The highest BCUT2D eigenvalue weighted by Gasteiger charge is 2.26. The number of sulfonamides is 1. The Morgan fingerprint density at radius 2 is 1.92 bits per heavy atom. The number of anilines is 1. The number of aliphatic carboxylic acids is 1. The maximum absolute atomic E-state index is 12.9. The van der Waals surface area contributed by atoms with Gasteiger partial charge in [0.1, 0.15) is 17.7 Å². The summed E-state index contributed by atoms with van der Waals surface area (Å²) in [6.45, 7) is 1.72. The molecule has 0 saturated carbocycles. The predicted octanol–water partition coefficient (Wildman–Crippen LogP) is 3.87. The largest absolute Gasteiger partial charge is 0.489 e. The van der Waals surface area contributed by atoms with Crippen molar-refractivity contribution in [2.24, 2.45) is 5.73 Å². The van der Waals surface area contributed by atoms with Gasteiger partial charge in [0.05, 0.1) is 17.3 Å². The lowest BCUT2D eigenvalue weighted by Crippen LogP contribution is -2.36. The molecule has 0 spiro atoms. The summed E-state index contributed by atoms with van der Waals surface area (Å²) in [5.74, 6) is -2.15. The molecule has 0 atom stereocenters. The number of halogens is 3. The van der Waals surface area contributed by atoms with Crippen LogP contribution >= 0.6 is 36.4 Å². The van der Waals surface area contributed by atoms with Crippen LogP contribution in [0.5, 0.6) is 5.75 Å². The molecule has 0 radical (unpaired) electrons. The second-order valence-electron chi connectivity index (χ2n) is 8.36. The number of ether oxygens (including phenoxy) is 1. The Morgan fingerprint density at radius 1 is 1.24 bits per heavy atom. The van der Waals surface area contributed by atoms with Crippen molar-refractivity contribution in [2.75, 3.05) is 36.7 Å². The number of carboxylic acids is 1. The fourth-order valence-electron chi connectivity index (χ4n) is 3.73. The highest BCUT2D eigenvalue weighted by Crippen LogP contribution is 2.32. The van der Waals surface area contributed by atoms with Crippen molar-refractivity contribution < 1.29 is 23.1 Å². The van der Waals surface area contributed by atoms with E-state index in [1.807, 2.05) is 0 Å².